The number of hydrogen-bond acceptors (Lipinski definition) is 0. The highest BCUT2D eigenvalue weighted by Gasteiger charge is 1.90. The molecule has 1 aromatic rings. The van der Waals surface area contributed by atoms with Crippen LogP contribution in [0.2, 0.25) is 0 Å². The summed E-state index contributed by atoms with van der Waals surface area (Å²) in [6, 6.07) is 10.1. The van der Waals surface area contributed by atoms with Crippen molar-refractivity contribution >= 4 is 5.57 Å². The van der Waals surface area contributed by atoms with E-state index in [2.05, 4.69) is 12.3 Å². The summed E-state index contributed by atoms with van der Waals surface area (Å²) in [5.41, 5.74) is 6.45. The topological polar surface area (TPSA) is 0 Å². The Hall–Kier alpha value is -1.52. The quantitative estimate of drug-likeness (QED) is 0.467. The Morgan fingerprint density at radius 1 is 1.23 bits per heavy atom. The Labute approximate surface area is 79.9 Å². The maximum Gasteiger partial charge on any atom is -0.0128 e. The van der Waals surface area contributed by atoms with E-state index in [1.807, 2.05) is 50.3 Å². The van der Waals surface area contributed by atoms with E-state index in [0.29, 0.717) is 0 Å². The van der Waals surface area contributed by atoms with E-state index in [0.717, 1.165) is 16.7 Å². The van der Waals surface area contributed by atoms with E-state index in [-0.39, 0.29) is 0 Å². The first kappa shape index (κ1) is 9.57. The molecule has 0 saturated heterocycles. The standard InChI is InChI=1S/C13H14/c1-11(2)9-10-12(3)13-7-5-4-6-8-13/h4-8,10H,3H2,1-2H3. The fraction of sp³-hybridized carbons (Fsp3) is 0.154. The largest absolute Gasteiger partial charge is 0.122 e. The molecular weight excluding hydrogens is 156 g/mol. The van der Waals surface area contributed by atoms with Crippen molar-refractivity contribution < 1.29 is 0 Å². The molecule has 0 aliphatic heterocycles. The summed E-state index contributed by atoms with van der Waals surface area (Å²) in [5, 5.41) is 0. The van der Waals surface area contributed by atoms with Crippen molar-refractivity contribution in [1.82, 2.24) is 0 Å². The van der Waals surface area contributed by atoms with Gasteiger partial charge in [0.25, 0.3) is 0 Å². The van der Waals surface area contributed by atoms with Crippen LogP contribution in [0.25, 0.3) is 5.57 Å². The van der Waals surface area contributed by atoms with Crippen molar-refractivity contribution in [2.24, 2.45) is 0 Å². The molecule has 0 spiro atoms. The van der Waals surface area contributed by atoms with Gasteiger partial charge in [-0.1, -0.05) is 36.9 Å². The van der Waals surface area contributed by atoms with Gasteiger partial charge >= 0.3 is 0 Å². The predicted molar refractivity (Wildman–Crippen MR) is 58.4 cm³/mol. The van der Waals surface area contributed by atoms with Gasteiger partial charge < -0.3 is 0 Å². The zero-order valence-corrected chi connectivity index (χ0v) is 8.17. The van der Waals surface area contributed by atoms with Gasteiger partial charge in [-0.15, -0.1) is 5.73 Å². The highest BCUT2D eigenvalue weighted by molar-refractivity contribution is 5.71. The van der Waals surface area contributed by atoms with Crippen molar-refractivity contribution in [3.63, 3.8) is 0 Å². The van der Waals surface area contributed by atoms with E-state index >= 15 is 0 Å². The second-order valence-corrected chi connectivity index (χ2v) is 3.18. The molecule has 13 heavy (non-hydrogen) atoms. The van der Waals surface area contributed by atoms with Crippen molar-refractivity contribution in [3.05, 3.63) is 59.9 Å². The maximum atomic E-state index is 3.97. The van der Waals surface area contributed by atoms with Crippen LogP contribution in [0.1, 0.15) is 19.4 Å². The van der Waals surface area contributed by atoms with Crippen molar-refractivity contribution in [1.29, 1.82) is 0 Å². The van der Waals surface area contributed by atoms with Crippen molar-refractivity contribution in [3.8, 4) is 0 Å². The lowest BCUT2D eigenvalue weighted by Gasteiger charge is -1.96. The lowest BCUT2D eigenvalue weighted by atomic mass is 10.1. The summed E-state index contributed by atoms with van der Waals surface area (Å²) in [5.74, 6) is 0. The monoisotopic (exact) mass is 170 g/mol. The second kappa shape index (κ2) is 4.49. The maximum absolute atomic E-state index is 3.97. The molecule has 0 unspecified atom stereocenters. The molecule has 0 aromatic heterocycles. The number of rotatable bonds is 2. The molecule has 0 amide bonds. The first-order valence-corrected chi connectivity index (χ1v) is 4.34. The second-order valence-electron chi connectivity index (χ2n) is 3.18. The van der Waals surface area contributed by atoms with Gasteiger partial charge in [0.1, 0.15) is 0 Å². The zero-order valence-electron chi connectivity index (χ0n) is 8.17. The van der Waals surface area contributed by atoms with Crippen LogP contribution in [0.5, 0.6) is 0 Å². The highest BCUT2D eigenvalue weighted by atomic mass is 13.9. The van der Waals surface area contributed by atoms with Gasteiger partial charge in [-0.05, 0) is 36.6 Å². The van der Waals surface area contributed by atoms with Crippen LogP contribution in [-0.4, -0.2) is 0 Å². The molecule has 0 heteroatoms. The molecule has 0 fully saturated rings. The minimum atomic E-state index is 1.00. The van der Waals surface area contributed by atoms with Crippen LogP contribution in [0.15, 0.2) is 54.3 Å². The van der Waals surface area contributed by atoms with Gasteiger partial charge in [-0.3, -0.25) is 0 Å². The summed E-state index contributed by atoms with van der Waals surface area (Å²) in [6.07, 6.45) is 1.92. The molecule has 0 bridgehead atoms. The third kappa shape index (κ3) is 3.14. The summed E-state index contributed by atoms with van der Waals surface area (Å²) in [6.45, 7) is 8.01. The molecule has 0 aliphatic rings. The summed E-state index contributed by atoms with van der Waals surface area (Å²) >= 11 is 0. The fourth-order valence-corrected chi connectivity index (χ4v) is 0.967. The van der Waals surface area contributed by atoms with Crippen LogP contribution in [0.4, 0.5) is 0 Å². The SMILES string of the molecule is C=C(C=C=C(C)C)c1ccccc1. The Kier molecular flexibility index (Phi) is 3.31. The van der Waals surface area contributed by atoms with Gasteiger partial charge in [0.2, 0.25) is 0 Å². The van der Waals surface area contributed by atoms with Crippen LogP contribution >= 0.6 is 0 Å². The Bertz CT molecular complexity index is 345. The lowest BCUT2D eigenvalue weighted by molar-refractivity contribution is 1.41. The highest BCUT2D eigenvalue weighted by Crippen LogP contribution is 2.12. The minimum absolute atomic E-state index is 1.00. The van der Waals surface area contributed by atoms with Gasteiger partial charge in [-0.25, -0.2) is 0 Å². The fourth-order valence-electron chi connectivity index (χ4n) is 0.967. The summed E-state index contributed by atoms with van der Waals surface area (Å²) in [4.78, 5) is 0. The molecule has 66 valence electrons. The zero-order chi connectivity index (χ0) is 9.68. The molecule has 0 saturated carbocycles. The van der Waals surface area contributed by atoms with Crippen molar-refractivity contribution in [2.45, 2.75) is 13.8 Å². The predicted octanol–water partition coefficient (Wildman–Crippen LogP) is 3.82. The molecule has 1 aromatic carbocycles. The Balaban J connectivity index is 2.88. The van der Waals surface area contributed by atoms with Gasteiger partial charge in [-0.2, -0.15) is 0 Å². The average molecular weight is 170 g/mol. The van der Waals surface area contributed by atoms with Gasteiger partial charge in [0.05, 0.1) is 0 Å². The van der Waals surface area contributed by atoms with E-state index in [1.54, 1.807) is 0 Å². The van der Waals surface area contributed by atoms with E-state index < -0.39 is 0 Å². The molecule has 0 aliphatic carbocycles. The average Bonchev–Trinajstić information content (AvgIpc) is 2.15. The third-order valence-corrected chi connectivity index (χ3v) is 1.68. The first-order valence-electron chi connectivity index (χ1n) is 4.34. The van der Waals surface area contributed by atoms with E-state index in [1.165, 1.54) is 0 Å². The number of allylic oxidation sites excluding steroid dienone is 2. The Morgan fingerprint density at radius 3 is 2.38 bits per heavy atom. The lowest BCUT2D eigenvalue weighted by Crippen LogP contribution is -1.75. The minimum Gasteiger partial charge on any atom is -0.122 e. The number of benzene rings is 1. The van der Waals surface area contributed by atoms with Crippen LogP contribution in [0, 0.1) is 0 Å². The van der Waals surface area contributed by atoms with Gasteiger partial charge in [0, 0.05) is 0 Å². The molecule has 0 heterocycles. The van der Waals surface area contributed by atoms with Crippen LogP contribution in [0.3, 0.4) is 0 Å². The molecule has 0 radical (unpaired) electrons. The molecule has 0 N–H and O–H groups in total. The van der Waals surface area contributed by atoms with Crippen molar-refractivity contribution in [2.75, 3.05) is 0 Å². The Morgan fingerprint density at radius 2 is 1.85 bits per heavy atom. The molecule has 0 nitrogen and oxygen atoms in total. The van der Waals surface area contributed by atoms with Crippen LogP contribution < -0.4 is 0 Å². The molecule has 1 rings (SSSR count). The first-order chi connectivity index (χ1) is 6.20. The summed E-state index contributed by atoms with van der Waals surface area (Å²) < 4.78 is 0. The molecular formula is C13H14. The van der Waals surface area contributed by atoms with E-state index in [4.69, 9.17) is 0 Å². The smallest absolute Gasteiger partial charge is 0.0128 e. The number of hydrogen-bond donors (Lipinski definition) is 0. The molecule has 0 atom stereocenters. The third-order valence-electron chi connectivity index (χ3n) is 1.68. The van der Waals surface area contributed by atoms with Gasteiger partial charge in [0.15, 0.2) is 0 Å². The summed E-state index contributed by atoms with van der Waals surface area (Å²) in [7, 11) is 0. The normalized spacial score (nSPS) is 8.77. The van der Waals surface area contributed by atoms with Crippen LogP contribution in [-0.2, 0) is 0 Å². The van der Waals surface area contributed by atoms with E-state index in [9.17, 15) is 0 Å².